The summed E-state index contributed by atoms with van der Waals surface area (Å²) < 4.78 is 0. The minimum atomic E-state index is -0.252. The van der Waals surface area contributed by atoms with E-state index in [2.05, 4.69) is 24.1 Å². The zero-order chi connectivity index (χ0) is 11.4. The van der Waals surface area contributed by atoms with E-state index in [0.717, 1.165) is 25.4 Å². The Morgan fingerprint density at radius 1 is 1.60 bits per heavy atom. The van der Waals surface area contributed by atoms with E-state index in [4.69, 9.17) is 5.73 Å². The maximum Gasteiger partial charge on any atom is 0.234 e. The molecule has 1 saturated heterocycles. The molecule has 0 aromatic carbocycles. The third-order valence-corrected chi connectivity index (χ3v) is 3.31. The van der Waals surface area contributed by atoms with Crippen LogP contribution in [0.5, 0.6) is 0 Å². The van der Waals surface area contributed by atoms with Crippen molar-refractivity contribution >= 4 is 5.91 Å². The predicted octanol–water partition coefficient (Wildman–Crippen LogP) is 0.180. The average molecular weight is 213 g/mol. The molecular formula is C11H23N3O. The molecule has 0 aliphatic carbocycles. The molecule has 0 bridgehead atoms. The molecule has 3 atom stereocenters. The Labute approximate surface area is 92.2 Å². The number of nitrogens with one attached hydrogen (secondary N) is 1. The molecule has 1 aliphatic heterocycles. The van der Waals surface area contributed by atoms with Gasteiger partial charge in [-0.15, -0.1) is 0 Å². The van der Waals surface area contributed by atoms with Gasteiger partial charge in [0.05, 0.1) is 6.04 Å². The number of nitrogens with two attached hydrogens (primary N) is 1. The quantitative estimate of drug-likeness (QED) is 0.685. The molecular weight excluding hydrogens is 190 g/mol. The molecule has 88 valence electrons. The van der Waals surface area contributed by atoms with Crippen molar-refractivity contribution in [2.24, 2.45) is 11.7 Å². The summed E-state index contributed by atoms with van der Waals surface area (Å²) in [6.07, 6.45) is 2.07. The first-order valence-electron chi connectivity index (χ1n) is 5.75. The SMILES string of the molecule is CNC(CCN1CC(C)CC1C)C(N)=O. The van der Waals surface area contributed by atoms with Gasteiger partial charge in [-0.05, 0) is 32.7 Å². The highest BCUT2D eigenvalue weighted by Gasteiger charge is 2.26. The van der Waals surface area contributed by atoms with Gasteiger partial charge >= 0.3 is 0 Å². The molecule has 1 amide bonds. The molecule has 1 rings (SSSR count). The summed E-state index contributed by atoms with van der Waals surface area (Å²) in [5, 5.41) is 2.95. The molecule has 1 fully saturated rings. The summed E-state index contributed by atoms with van der Waals surface area (Å²) in [7, 11) is 1.78. The van der Waals surface area contributed by atoms with Crippen LogP contribution >= 0.6 is 0 Å². The lowest BCUT2D eigenvalue weighted by molar-refractivity contribution is -0.120. The summed E-state index contributed by atoms with van der Waals surface area (Å²) in [6, 6.07) is 0.457. The van der Waals surface area contributed by atoms with Gasteiger partial charge in [-0.2, -0.15) is 0 Å². The number of amides is 1. The van der Waals surface area contributed by atoms with Crippen molar-refractivity contribution in [2.75, 3.05) is 20.1 Å². The van der Waals surface area contributed by atoms with E-state index >= 15 is 0 Å². The number of hydrogen-bond acceptors (Lipinski definition) is 3. The van der Waals surface area contributed by atoms with Crippen LogP contribution in [0.25, 0.3) is 0 Å². The summed E-state index contributed by atoms with van der Waals surface area (Å²) in [5.74, 6) is 0.527. The standard InChI is InChI=1S/C11H23N3O/c1-8-6-9(2)14(7-8)5-4-10(13-3)11(12)15/h8-10,13H,4-7H2,1-3H3,(H2,12,15). The molecule has 0 radical (unpaired) electrons. The number of carbonyl (C=O) groups is 1. The second-order valence-electron chi connectivity index (χ2n) is 4.72. The molecule has 3 unspecified atom stereocenters. The highest BCUT2D eigenvalue weighted by atomic mass is 16.1. The minimum absolute atomic E-state index is 0.187. The normalized spacial score (nSPS) is 29.3. The molecule has 1 heterocycles. The van der Waals surface area contributed by atoms with Crippen LogP contribution < -0.4 is 11.1 Å². The third-order valence-electron chi connectivity index (χ3n) is 3.31. The molecule has 1 aliphatic rings. The number of carbonyl (C=O) groups excluding carboxylic acids is 1. The van der Waals surface area contributed by atoms with E-state index in [1.807, 2.05) is 0 Å². The summed E-state index contributed by atoms with van der Waals surface area (Å²) >= 11 is 0. The van der Waals surface area contributed by atoms with Gasteiger partial charge in [-0.25, -0.2) is 0 Å². The molecule has 0 aromatic heterocycles. The van der Waals surface area contributed by atoms with Crippen molar-refractivity contribution in [2.45, 2.75) is 38.8 Å². The van der Waals surface area contributed by atoms with Crippen LogP contribution in [-0.2, 0) is 4.79 Å². The monoisotopic (exact) mass is 213 g/mol. The Morgan fingerprint density at radius 3 is 2.67 bits per heavy atom. The minimum Gasteiger partial charge on any atom is -0.368 e. The van der Waals surface area contributed by atoms with Crippen LogP contribution in [0.1, 0.15) is 26.7 Å². The predicted molar refractivity (Wildman–Crippen MR) is 61.5 cm³/mol. The molecule has 15 heavy (non-hydrogen) atoms. The lowest BCUT2D eigenvalue weighted by atomic mass is 10.1. The Morgan fingerprint density at radius 2 is 2.27 bits per heavy atom. The van der Waals surface area contributed by atoms with Gasteiger partial charge in [-0.1, -0.05) is 6.92 Å². The topological polar surface area (TPSA) is 58.4 Å². The lowest BCUT2D eigenvalue weighted by Crippen LogP contribution is -2.42. The summed E-state index contributed by atoms with van der Waals surface area (Å²) in [6.45, 7) is 6.64. The van der Waals surface area contributed by atoms with Crippen molar-refractivity contribution in [1.82, 2.24) is 10.2 Å². The summed E-state index contributed by atoms with van der Waals surface area (Å²) in [4.78, 5) is 13.5. The second-order valence-corrected chi connectivity index (χ2v) is 4.72. The molecule has 3 N–H and O–H groups in total. The lowest BCUT2D eigenvalue weighted by Gasteiger charge is -2.23. The van der Waals surface area contributed by atoms with E-state index in [0.29, 0.717) is 6.04 Å². The fourth-order valence-electron chi connectivity index (χ4n) is 2.42. The molecule has 4 heteroatoms. The molecule has 0 aromatic rings. The van der Waals surface area contributed by atoms with Gasteiger partial charge < -0.3 is 16.0 Å². The van der Waals surface area contributed by atoms with E-state index < -0.39 is 0 Å². The Hall–Kier alpha value is -0.610. The van der Waals surface area contributed by atoms with Crippen LogP contribution in [0.2, 0.25) is 0 Å². The van der Waals surface area contributed by atoms with Crippen LogP contribution in [0, 0.1) is 5.92 Å². The van der Waals surface area contributed by atoms with Crippen molar-refractivity contribution in [3.63, 3.8) is 0 Å². The van der Waals surface area contributed by atoms with Gasteiger partial charge in [0, 0.05) is 19.1 Å². The molecule has 4 nitrogen and oxygen atoms in total. The number of likely N-dealkylation sites (N-methyl/N-ethyl adjacent to an activating group) is 1. The number of hydrogen-bond donors (Lipinski definition) is 2. The maximum absolute atomic E-state index is 11.0. The van der Waals surface area contributed by atoms with E-state index in [9.17, 15) is 4.79 Å². The number of nitrogens with zero attached hydrogens (tertiary/aromatic N) is 1. The van der Waals surface area contributed by atoms with Crippen molar-refractivity contribution in [1.29, 1.82) is 0 Å². The zero-order valence-corrected chi connectivity index (χ0v) is 9.99. The Balaban J connectivity index is 2.33. The van der Waals surface area contributed by atoms with Crippen molar-refractivity contribution in [3.05, 3.63) is 0 Å². The van der Waals surface area contributed by atoms with E-state index in [1.165, 1.54) is 6.42 Å². The first-order valence-corrected chi connectivity index (χ1v) is 5.75. The number of primary amides is 1. The first-order chi connectivity index (χ1) is 7.04. The van der Waals surface area contributed by atoms with Crippen molar-refractivity contribution in [3.8, 4) is 0 Å². The van der Waals surface area contributed by atoms with Crippen molar-refractivity contribution < 1.29 is 4.79 Å². The first kappa shape index (κ1) is 12.5. The van der Waals surface area contributed by atoms with Gasteiger partial charge in [0.25, 0.3) is 0 Å². The van der Waals surface area contributed by atoms with Crippen LogP contribution in [0.4, 0.5) is 0 Å². The van der Waals surface area contributed by atoms with Crippen LogP contribution in [0.15, 0.2) is 0 Å². The number of rotatable bonds is 5. The van der Waals surface area contributed by atoms with E-state index in [1.54, 1.807) is 7.05 Å². The van der Waals surface area contributed by atoms with Gasteiger partial charge in [-0.3, -0.25) is 4.79 Å². The van der Waals surface area contributed by atoms with E-state index in [-0.39, 0.29) is 11.9 Å². The van der Waals surface area contributed by atoms with Gasteiger partial charge in [0.1, 0.15) is 0 Å². The van der Waals surface area contributed by atoms with Gasteiger partial charge in [0.2, 0.25) is 5.91 Å². The van der Waals surface area contributed by atoms with Crippen LogP contribution in [0.3, 0.4) is 0 Å². The highest BCUT2D eigenvalue weighted by molar-refractivity contribution is 5.79. The smallest absolute Gasteiger partial charge is 0.234 e. The number of likely N-dealkylation sites (tertiary alicyclic amines) is 1. The highest BCUT2D eigenvalue weighted by Crippen LogP contribution is 2.22. The molecule has 0 spiro atoms. The average Bonchev–Trinajstić information content (AvgIpc) is 2.45. The third kappa shape index (κ3) is 3.47. The Bertz CT molecular complexity index is 220. The largest absolute Gasteiger partial charge is 0.368 e. The van der Waals surface area contributed by atoms with Gasteiger partial charge in [0.15, 0.2) is 0 Å². The summed E-state index contributed by atoms with van der Waals surface area (Å²) in [5.41, 5.74) is 5.27. The van der Waals surface area contributed by atoms with Crippen LogP contribution in [-0.4, -0.2) is 43.0 Å². The maximum atomic E-state index is 11.0. The Kier molecular flexibility index (Phi) is 4.54. The molecule has 0 saturated carbocycles. The fourth-order valence-corrected chi connectivity index (χ4v) is 2.42. The zero-order valence-electron chi connectivity index (χ0n) is 9.99. The fraction of sp³-hybridized carbons (Fsp3) is 0.909. The second kappa shape index (κ2) is 5.47.